The molecule has 302 valence electrons. The van der Waals surface area contributed by atoms with Crippen LogP contribution in [0.2, 0.25) is 10.0 Å². The number of nitrogens with zero attached hydrogens (tertiary/aromatic N) is 2. The van der Waals surface area contributed by atoms with E-state index in [1.54, 1.807) is 73.8 Å². The summed E-state index contributed by atoms with van der Waals surface area (Å²) in [5.74, 6) is -5.43. The van der Waals surface area contributed by atoms with E-state index in [0.29, 0.717) is 45.1 Å². The third kappa shape index (κ3) is 6.16. The fourth-order valence-electron chi connectivity index (χ4n) is 9.99. The molecule has 5 aromatic rings. The van der Waals surface area contributed by atoms with Crippen molar-refractivity contribution in [3.63, 3.8) is 0 Å². The van der Waals surface area contributed by atoms with Gasteiger partial charge in [0.2, 0.25) is 11.8 Å². The molecule has 1 saturated carbocycles. The number of allylic oxidation sites excluding steroid dienone is 3. The summed E-state index contributed by atoms with van der Waals surface area (Å²) in [5, 5.41) is 17.1. The van der Waals surface area contributed by atoms with Crippen LogP contribution in [0.25, 0.3) is 0 Å². The van der Waals surface area contributed by atoms with Crippen LogP contribution in [0, 0.1) is 23.7 Å². The molecule has 5 aromatic carbocycles. The van der Waals surface area contributed by atoms with E-state index in [1.165, 1.54) is 11.0 Å². The number of phenolic OH excluding ortho intramolecular Hbond substituents is 1. The van der Waals surface area contributed by atoms with Gasteiger partial charge in [-0.2, -0.15) is 5.01 Å². The van der Waals surface area contributed by atoms with Crippen LogP contribution in [-0.4, -0.2) is 40.9 Å². The number of imide groups is 2. The third-order valence-corrected chi connectivity index (χ3v) is 13.1. The standard InChI is InChI=1S/C48H40Cl2N4O6/c1-3-8-27-9-7-12-36(43(27)55)42-34-22-23-35-41(46(58)53(44(35)56)32-18-16-31(17-19-32)51-30-10-5-4-6-11-30)37(34)26-38-45(57)54(52-40-24-15-29(49)25-39(40)50)47(59)48(38,42)28-13-20-33(60-2)21-14-28/h3-7,9-22,24-25,35,37-38,41-42,51-52,55H,1,8,23,26H2,2H3. The van der Waals surface area contributed by atoms with Crippen LogP contribution in [0.5, 0.6) is 11.5 Å². The summed E-state index contributed by atoms with van der Waals surface area (Å²) in [7, 11) is 1.54. The largest absolute Gasteiger partial charge is 0.507 e. The smallest absolute Gasteiger partial charge is 0.260 e. The summed E-state index contributed by atoms with van der Waals surface area (Å²) in [5.41, 5.74) is 6.05. The van der Waals surface area contributed by atoms with Crippen molar-refractivity contribution in [3.8, 4) is 11.5 Å². The number of rotatable bonds is 10. The Morgan fingerprint density at radius 2 is 1.58 bits per heavy atom. The lowest BCUT2D eigenvalue weighted by atomic mass is 9.49. The summed E-state index contributed by atoms with van der Waals surface area (Å²) < 4.78 is 5.51. The molecule has 0 aromatic heterocycles. The fraction of sp³-hybridized carbons (Fsp3) is 0.208. The number of methoxy groups -OCH3 is 1. The number of hydrogen-bond acceptors (Lipinski definition) is 8. The van der Waals surface area contributed by atoms with Gasteiger partial charge in [0.25, 0.3) is 11.8 Å². The van der Waals surface area contributed by atoms with Gasteiger partial charge < -0.3 is 15.2 Å². The zero-order chi connectivity index (χ0) is 41.9. The molecule has 0 radical (unpaired) electrons. The summed E-state index contributed by atoms with van der Waals surface area (Å²) >= 11 is 12.8. The molecule has 4 aliphatic rings. The van der Waals surface area contributed by atoms with Gasteiger partial charge in [0, 0.05) is 27.9 Å². The van der Waals surface area contributed by atoms with E-state index < -0.39 is 46.8 Å². The highest BCUT2D eigenvalue weighted by molar-refractivity contribution is 6.36. The molecule has 10 nitrogen and oxygen atoms in total. The van der Waals surface area contributed by atoms with Crippen molar-refractivity contribution in [1.82, 2.24) is 5.01 Å². The Morgan fingerprint density at radius 3 is 2.28 bits per heavy atom. The van der Waals surface area contributed by atoms with Gasteiger partial charge in [-0.3, -0.25) is 29.5 Å². The summed E-state index contributed by atoms with van der Waals surface area (Å²) in [4.78, 5) is 61.2. The first-order valence-corrected chi connectivity index (χ1v) is 20.5. The van der Waals surface area contributed by atoms with Crippen molar-refractivity contribution in [2.24, 2.45) is 23.7 Å². The Bertz CT molecular complexity index is 2600. The number of aromatic hydroxyl groups is 1. The van der Waals surface area contributed by atoms with Gasteiger partial charge in [-0.05, 0) is 103 Å². The van der Waals surface area contributed by atoms with Crippen molar-refractivity contribution in [2.45, 2.75) is 30.6 Å². The van der Waals surface area contributed by atoms with Gasteiger partial charge in [0.1, 0.15) is 11.5 Å². The lowest BCUT2D eigenvalue weighted by Gasteiger charge is -2.50. The van der Waals surface area contributed by atoms with Gasteiger partial charge >= 0.3 is 0 Å². The van der Waals surface area contributed by atoms with Crippen LogP contribution < -0.4 is 20.4 Å². The minimum atomic E-state index is -1.62. The van der Waals surface area contributed by atoms with Gasteiger partial charge in [0.05, 0.1) is 46.7 Å². The number of phenols is 1. The highest BCUT2D eigenvalue weighted by atomic mass is 35.5. The molecule has 4 amide bonds. The van der Waals surface area contributed by atoms with Crippen LogP contribution >= 0.6 is 23.2 Å². The van der Waals surface area contributed by atoms with Crippen LogP contribution in [0.1, 0.15) is 35.4 Å². The highest BCUT2D eigenvalue weighted by Crippen LogP contribution is 2.65. The fourth-order valence-corrected chi connectivity index (χ4v) is 10.4. The molecule has 0 bridgehead atoms. The molecular formula is C48H40Cl2N4O6. The van der Waals surface area contributed by atoms with Crippen molar-refractivity contribution in [1.29, 1.82) is 0 Å². The second-order valence-electron chi connectivity index (χ2n) is 15.6. The van der Waals surface area contributed by atoms with Crippen LogP contribution in [0.15, 0.2) is 140 Å². The number of benzene rings is 5. The molecule has 6 unspecified atom stereocenters. The number of carbonyl (C=O) groups is 4. The van der Waals surface area contributed by atoms with Crippen molar-refractivity contribution in [2.75, 3.05) is 22.8 Å². The first-order chi connectivity index (χ1) is 29.1. The van der Waals surface area contributed by atoms with Crippen LogP contribution in [0.3, 0.4) is 0 Å². The Hall–Kier alpha value is -6.36. The quantitative estimate of drug-likeness (QED) is 0.0938. The first kappa shape index (κ1) is 39.1. The van der Waals surface area contributed by atoms with Gasteiger partial charge in [-0.1, -0.05) is 89.5 Å². The number of amides is 4. The van der Waals surface area contributed by atoms with E-state index in [-0.39, 0.29) is 41.1 Å². The normalized spacial score (nSPS) is 24.4. The SMILES string of the molecule is C=CCc1cccc(C2C3=CCC4C(=O)N(c5ccc(Nc6ccccc6)cc5)C(=O)C4C3CC3C(=O)N(Nc4ccc(Cl)cc4Cl)C(=O)C32c2ccc(OC)cc2)c1O. The molecule has 60 heavy (non-hydrogen) atoms. The van der Waals surface area contributed by atoms with Crippen molar-refractivity contribution < 1.29 is 29.0 Å². The molecule has 6 atom stereocenters. The average molecular weight is 840 g/mol. The zero-order valence-electron chi connectivity index (χ0n) is 32.5. The number of fused-ring (bicyclic) bond motifs is 4. The number of hydrazine groups is 1. The molecule has 2 heterocycles. The maximum atomic E-state index is 15.6. The van der Waals surface area contributed by atoms with Crippen LogP contribution in [0.4, 0.5) is 22.7 Å². The van der Waals surface area contributed by atoms with Gasteiger partial charge in [0.15, 0.2) is 0 Å². The summed E-state index contributed by atoms with van der Waals surface area (Å²) in [6, 6.07) is 33.9. The third-order valence-electron chi connectivity index (χ3n) is 12.6. The number of para-hydroxylation sites is 2. The monoisotopic (exact) mass is 838 g/mol. The van der Waals surface area contributed by atoms with Crippen molar-refractivity contribution >= 4 is 69.6 Å². The van der Waals surface area contributed by atoms with Crippen LogP contribution in [-0.2, 0) is 31.0 Å². The number of carbonyl (C=O) groups excluding carboxylic acids is 4. The maximum Gasteiger partial charge on any atom is 0.260 e. The topological polar surface area (TPSA) is 128 Å². The number of halogens is 2. The molecule has 0 spiro atoms. The Morgan fingerprint density at radius 1 is 0.850 bits per heavy atom. The summed E-state index contributed by atoms with van der Waals surface area (Å²) in [6.45, 7) is 3.88. The van der Waals surface area contributed by atoms with E-state index >= 15 is 9.59 Å². The van der Waals surface area contributed by atoms with E-state index in [4.69, 9.17) is 27.9 Å². The molecule has 2 aliphatic carbocycles. The zero-order valence-corrected chi connectivity index (χ0v) is 34.0. The second kappa shape index (κ2) is 15.3. The number of ether oxygens (including phenoxy) is 1. The van der Waals surface area contributed by atoms with Gasteiger partial charge in [-0.15, -0.1) is 6.58 Å². The van der Waals surface area contributed by atoms with E-state index in [2.05, 4.69) is 17.3 Å². The molecule has 9 rings (SSSR count). The molecule has 3 N–H and O–H groups in total. The average Bonchev–Trinajstić information content (AvgIpc) is 3.64. The highest BCUT2D eigenvalue weighted by Gasteiger charge is 2.70. The molecule has 2 saturated heterocycles. The van der Waals surface area contributed by atoms with E-state index in [9.17, 15) is 14.7 Å². The molecule has 2 aliphatic heterocycles. The molecular weight excluding hydrogens is 799 g/mol. The van der Waals surface area contributed by atoms with Crippen molar-refractivity contribution in [3.05, 3.63) is 166 Å². The lowest BCUT2D eigenvalue weighted by Crippen LogP contribution is -2.53. The first-order valence-electron chi connectivity index (χ1n) is 19.7. The number of anilines is 4. The molecule has 3 fully saturated rings. The Balaban J connectivity index is 1.18. The predicted octanol–water partition coefficient (Wildman–Crippen LogP) is 9.37. The van der Waals surface area contributed by atoms with E-state index in [1.807, 2.05) is 54.6 Å². The number of hydrogen-bond donors (Lipinski definition) is 3. The molecule has 12 heteroatoms. The maximum absolute atomic E-state index is 15.6. The second-order valence-corrected chi connectivity index (χ2v) is 16.5. The predicted molar refractivity (Wildman–Crippen MR) is 231 cm³/mol. The minimum absolute atomic E-state index is 0.0373. The minimum Gasteiger partial charge on any atom is -0.507 e. The van der Waals surface area contributed by atoms with E-state index in [0.717, 1.165) is 16.4 Å². The lowest BCUT2D eigenvalue weighted by molar-refractivity contribution is -0.138. The Labute approximate surface area is 357 Å². The number of nitrogens with one attached hydrogen (secondary N) is 2. The van der Waals surface area contributed by atoms with Gasteiger partial charge in [-0.25, -0.2) is 0 Å². The summed E-state index contributed by atoms with van der Waals surface area (Å²) in [6.07, 6.45) is 4.29. The Kier molecular flexibility index (Phi) is 10.0.